The first kappa shape index (κ1) is 28.6. The Hall–Kier alpha value is 0.640. The van der Waals surface area contributed by atoms with Gasteiger partial charge in [0.05, 0.1) is 0 Å². The maximum absolute atomic E-state index is 6.68. The predicted octanol–water partition coefficient (Wildman–Crippen LogP) is 10.8. The first-order valence-corrected chi connectivity index (χ1v) is 16.1. The molecule has 0 aromatic rings. The Labute approximate surface area is 186 Å². The zero-order chi connectivity index (χ0) is 20.8. The molecule has 28 heavy (non-hydrogen) atoms. The molecular weight excluding hydrogens is 380 g/mol. The van der Waals surface area contributed by atoms with Crippen molar-refractivity contribution >= 4 is 19.9 Å². The van der Waals surface area contributed by atoms with E-state index in [1.165, 1.54) is 146 Å². The Morgan fingerprint density at radius 1 is 0.393 bits per heavy atom. The van der Waals surface area contributed by atoms with E-state index in [0.29, 0.717) is 0 Å². The largest absolute Gasteiger partial charge is 0.164 e. The molecule has 0 heterocycles. The van der Waals surface area contributed by atoms with E-state index in [2.05, 4.69) is 20.8 Å². The van der Waals surface area contributed by atoms with Crippen LogP contribution in [0.25, 0.3) is 0 Å². The second-order valence-corrected chi connectivity index (χ2v) is 14.3. The molecule has 0 fully saturated rings. The van der Waals surface area contributed by atoms with Crippen LogP contribution in [0, 0.1) is 0 Å². The highest BCUT2D eigenvalue weighted by Gasteiger charge is 2.14. The van der Waals surface area contributed by atoms with E-state index in [1.54, 1.807) is 0 Å². The molecule has 0 aliphatic carbocycles. The third kappa shape index (κ3) is 19.9. The number of unbranched alkanes of at least 4 members (excludes halogenated alkanes) is 19. The van der Waals surface area contributed by atoms with Crippen LogP contribution in [-0.2, 0) is 0 Å². The Balaban J connectivity index is 3.11. The molecule has 0 atom stereocenters. The van der Waals surface area contributed by atoms with E-state index >= 15 is 0 Å². The molecule has 0 saturated heterocycles. The molecule has 2 heteroatoms. The van der Waals surface area contributed by atoms with Crippen molar-refractivity contribution in [2.24, 2.45) is 0 Å². The van der Waals surface area contributed by atoms with Crippen LogP contribution < -0.4 is 0 Å². The lowest BCUT2D eigenvalue weighted by atomic mass is 10.0. The molecule has 0 aliphatic rings. The first-order valence-electron chi connectivity index (χ1n) is 13.1. The molecule has 0 amide bonds. The maximum atomic E-state index is 6.68. The van der Waals surface area contributed by atoms with Crippen molar-refractivity contribution in [2.75, 3.05) is 17.3 Å². The van der Waals surface area contributed by atoms with Crippen LogP contribution in [0.1, 0.15) is 149 Å². The number of hydrogen-bond acceptors (Lipinski definition) is 0. The fourth-order valence-corrected chi connectivity index (χ4v) is 6.14. The van der Waals surface area contributed by atoms with Gasteiger partial charge in [0, 0.05) is 0 Å². The van der Waals surface area contributed by atoms with Gasteiger partial charge in [-0.15, -0.1) is 0 Å². The molecule has 0 nitrogen and oxygen atoms in total. The van der Waals surface area contributed by atoms with Gasteiger partial charge in [-0.2, -0.15) is 9.24 Å². The van der Waals surface area contributed by atoms with Crippen molar-refractivity contribution in [2.45, 2.75) is 149 Å². The van der Waals surface area contributed by atoms with Crippen molar-refractivity contribution in [3.05, 3.63) is 0 Å². The van der Waals surface area contributed by atoms with Gasteiger partial charge in [-0.1, -0.05) is 153 Å². The normalized spacial score (nSPS) is 12.6. The summed E-state index contributed by atoms with van der Waals surface area (Å²) >= 11 is 0. The fraction of sp³-hybridized carbons (Fsp3) is 1.00. The Bertz CT molecular complexity index is 288. The molecule has 0 N–H and O–H groups in total. The average molecular weight is 435 g/mol. The first-order chi connectivity index (χ1) is 13.7. The monoisotopic (exact) mass is 434 g/mol. The van der Waals surface area contributed by atoms with Crippen molar-refractivity contribution in [3.8, 4) is 0 Å². The van der Waals surface area contributed by atoms with E-state index in [0.717, 1.165) is 0 Å². The van der Waals surface area contributed by atoms with Crippen LogP contribution in [0.3, 0.4) is 0 Å². The number of hydrogen-bond donors (Lipinski definition) is 0. The third-order valence-electron chi connectivity index (χ3n) is 6.40. The smallest absolute Gasteiger partial charge is 0.0101 e. The van der Waals surface area contributed by atoms with E-state index in [4.69, 9.17) is 10.7 Å². The van der Waals surface area contributed by atoms with Gasteiger partial charge in [0.15, 0.2) is 0 Å². The molecule has 0 aliphatic heterocycles. The minimum atomic E-state index is -0.767. The van der Waals surface area contributed by atoms with Crippen LogP contribution in [0.15, 0.2) is 0 Å². The molecule has 0 saturated carbocycles. The lowest BCUT2D eigenvalue weighted by Crippen LogP contribution is -2.03. The van der Waals surface area contributed by atoms with Crippen molar-refractivity contribution in [3.63, 3.8) is 0 Å². The summed E-state index contributed by atoms with van der Waals surface area (Å²) in [4.78, 5) is 0. The zero-order valence-corrected chi connectivity index (χ0v) is 21.6. The van der Waals surface area contributed by atoms with Crippen molar-refractivity contribution in [1.29, 1.82) is 0 Å². The summed E-state index contributed by atoms with van der Waals surface area (Å²) in [6.45, 7) is 6.83. The van der Waals surface area contributed by atoms with Gasteiger partial charge in [0.2, 0.25) is 0 Å². The summed E-state index contributed by atoms with van der Waals surface area (Å²) in [6.07, 6.45) is 29.1. The molecule has 0 bridgehead atoms. The third-order valence-corrected chi connectivity index (χ3v) is 11.3. The molecule has 0 aromatic heterocycles. The van der Waals surface area contributed by atoms with Gasteiger partial charge in [-0.3, -0.25) is 0 Å². The predicted molar refractivity (Wildman–Crippen MR) is 137 cm³/mol. The fourth-order valence-electron chi connectivity index (χ4n) is 4.11. The van der Waals surface area contributed by atoms with E-state index in [1.807, 2.05) is 0 Å². The second kappa shape index (κ2) is 22.3. The number of halogens is 1. The van der Waals surface area contributed by atoms with E-state index in [9.17, 15) is 0 Å². The van der Waals surface area contributed by atoms with Gasteiger partial charge >= 0.3 is 0 Å². The molecular formula is C26H55ClS. The van der Waals surface area contributed by atoms with Gasteiger partial charge in [0.25, 0.3) is 0 Å². The van der Waals surface area contributed by atoms with Gasteiger partial charge in [-0.25, -0.2) is 0 Å². The second-order valence-electron chi connectivity index (χ2n) is 8.94. The van der Waals surface area contributed by atoms with Crippen LogP contribution in [0.5, 0.6) is 0 Å². The lowest BCUT2D eigenvalue weighted by Gasteiger charge is -2.30. The van der Waals surface area contributed by atoms with Gasteiger partial charge in [0.1, 0.15) is 0 Å². The lowest BCUT2D eigenvalue weighted by molar-refractivity contribution is 0.523. The summed E-state index contributed by atoms with van der Waals surface area (Å²) in [5.74, 6) is 3.69. The zero-order valence-electron chi connectivity index (χ0n) is 20.0. The van der Waals surface area contributed by atoms with Crippen LogP contribution in [-0.4, -0.2) is 17.3 Å². The molecule has 172 valence electrons. The van der Waals surface area contributed by atoms with Crippen LogP contribution in [0.2, 0.25) is 0 Å². The topological polar surface area (TPSA) is 0 Å². The Morgan fingerprint density at radius 2 is 0.643 bits per heavy atom. The molecule has 0 unspecified atom stereocenters. The van der Waals surface area contributed by atoms with Crippen LogP contribution in [0.4, 0.5) is 0 Å². The summed E-state index contributed by atoms with van der Waals surface area (Å²) in [5.41, 5.74) is 0. The van der Waals surface area contributed by atoms with Gasteiger partial charge in [-0.05, 0) is 23.7 Å². The standard InChI is InChI=1S/C26H55ClS/c1-4-7-8-9-10-11-12-13-14-15-16-17-18-19-20-21-22-23-24-25-26-28(27,5-2)6-3/h4-26H2,1-3H3. The summed E-state index contributed by atoms with van der Waals surface area (Å²) in [5, 5.41) is 0. The number of rotatable bonds is 23. The minimum Gasteiger partial charge on any atom is -0.164 e. The summed E-state index contributed by atoms with van der Waals surface area (Å²) in [6, 6.07) is 0. The Morgan fingerprint density at radius 3 is 0.893 bits per heavy atom. The summed E-state index contributed by atoms with van der Waals surface area (Å²) < 4.78 is 0. The molecule has 0 rings (SSSR count). The highest BCUT2D eigenvalue weighted by Crippen LogP contribution is 2.53. The summed E-state index contributed by atoms with van der Waals surface area (Å²) in [7, 11) is 5.91. The quantitative estimate of drug-likeness (QED) is 0.140. The molecule has 0 radical (unpaired) electrons. The van der Waals surface area contributed by atoms with Gasteiger partial charge < -0.3 is 0 Å². The van der Waals surface area contributed by atoms with Crippen LogP contribution >= 0.6 is 19.9 Å². The minimum absolute atomic E-state index is 0.767. The molecule has 0 aromatic carbocycles. The SMILES string of the molecule is CCCCCCCCCCCCCCCCCCCCCCS(Cl)(CC)CC. The Kier molecular flexibility index (Phi) is 22.8. The van der Waals surface area contributed by atoms with Crippen molar-refractivity contribution < 1.29 is 0 Å². The molecule has 0 spiro atoms. The average Bonchev–Trinajstić information content (AvgIpc) is 2.72. The van der Waals surface area contributed by atoms with Crippen molar-refractivity contribution in [1.82, 2.24) is 0 Å². The van der Waals surface area contributed by atoms with E-state index in [-0.39, 0.29) is 0 Å². The highest BCUT2D eigenvalue weighted by atomic mass is 35.7. The highest BCUT2D eigenvalue weighted by molar-refractivity contribution is 8.51. The van der Waals surface area contributed by atoms with E-state index < -0.39 is 9.24 Å². The maximum Gasteiger partial charge on any atom is -0.0101 e.